The molecule has 0 bridgehead atoms. The van der Waals surface area contributed by atoms with Gasteiger partial charge in [0.2, 0.25) is 0 Å². The molecule has 3 aromatic rings. The van der Waals surface area contributed by atoms with Crippen molar-refractivity contribution >= 4 is 17.7 Å². The molecule has 1 amide bonds. The summed E-state index contributed by atoms with van der Waals surface area (Å²) in [6, 6.07) is 22.1. The summed E-state index contributed by atoms with van der Waals surface area (Å²) in [6.45, 7) is 3.48. The molecule has 2 heterocycles. The van der Waals surface area contributed by atoms with Crippen LogP contribution in [0, 0.1) is 5.82 Å². The lowest BCUT2D eigenvalue weighted by atomic mass is 9.74. The van der Waals surface area contributed by atoms with Gasteiger partial charge in [0.15, 0.2) is 0 Å². The Kier molecular flexibility index (Phi) is 6.20. The summed E-state index contributed by atoms with van der Waals surface area (Å²) in [6.07, 6.45) is 6.34. The van der Waals surface area contributed by atoms with Gasteiger partial charge in [-0.3, -0.25) is 9.69 Å². The maximum absolute atomic E-state index is 13.4. The zero-order valence-electron chi connectivity index (χ0n) is 19.4. The van der Waals surface area contributed by atoms with Crippen LogP contribution in [0.3, 0.4) is 0 Å². The smallest absolute Gasteiger partial charge is 0.258 e. The fourth-order valence-electron chi connectivity index (χ4n) is 5.20. The van der Waals surface area contributed by atoms with Gasteiger partial charge in [0.05, 0.1) is 7.11 Å². The Morgan fingerprint density at radius 1 is 1.03 bits per heavy atom. The van der Waals surface area contributed by atoms with Crippen LogP contribution >= 0.6 is 0 Å². The number of fused-ring (bicyclic) bond motifs is 2. The molecular weight excluding hydrogens is 427 g/mol. The van der Waals surface area contributed by atoms with E-state index in [1.165, 1.54) is 23.3 Å². The van der Waals surface area contributed by atoms with Crippen LogP contribution in [0.4, 0.5) is 10.1 Å². The van der Waals surface area contributed by atoms with Crippen molar-refractivity contribution in [2.45, 2.75) is 18.3 Å². The van der Waals surface area contributed by atoms with E-state index < -0.39 is 0 Å². The topological polar surface area (TPSA) is 32.8 Å². The van der Waals surface area contributed by atoms with Gasteiger partial charge in [0.1, 0.15) is 11.6 Å². The van der Waals surface area contributed by atoms with Crippen molar-refractivity contribution in [2.75, 3.05) is 38.2 Å². The van der Waals surface area contributed by atoms with E-state index in [0.717, 1.165) is 43.9 Å². The first kappa shape index (κ1) is 22.4. The number of hydrogen-bond donors (Lipinski definition) is 0. The second-order valence-corrected chi connectivity index (χ2v) is 9.18. The van der Waals surface area contributed by atoms with E-state index in [1.807, 2.05) is 23.1 Å². The summed E-state index contributed by atoms with van der Waals surface area (Å²) in [7, 11) is 1.67. The fraction of sp³-hybridized carbons (Fsp3) is 0.276. The molecule has 0 unspecified atom stereocenters. The summed E-state index contributed by atoms with van der Waals surface area (Å²) in [4.78, 5) is 17.7. The molecule has 4 nitrogen and oxygen atoms in total. The maximum Gasteiger partial charge on any atom is 0.258 e. The van der Waals surface area contributed by atoms with Gasteiger partial charge in [-0.15, -0.1) is 0 Å². The first-order valence-electron chi connectivity index (χ1n) is 11.8. The zero-order chi connectivity index (χ0) is 23.5. The van der Waals surface area contributed by atoms with E-state index in [9.17, 15) is 9.18 Å². The van der Waals surface area contributed by atoms with Gasteiger partial charge in [0.25, 0.3) is 5.91 Å². The lowest BCUT2D eigenvalue weighted by Gasteiger charge is -2.39. The summed E-state index contributed by atoms with van der Waals surface area (Å²) in [5, 5.41) is 0. The minimum absolute atomic E-state index is 0.0866. The van der Waals surface area contributed by atoms with Crippen LogP contribution in [0.25, 0.3) is 6.08 Å². The number of amides is 1. The molecule has 0 saturated carbocycles. The molecule has 0 aliphatic carbocycles. The highest BCUT2D eigenvalue weighted by Crippen LogP contribution is 2.48. The number of nitrogens with zero attached hydrogens (tertiary/aromatic N) is 2. The van der Waals surface area contributed by atoms with Crippen LogP contribution in [-0.4, -0.2) is 44.1 Å². The summed E-state index contributed by atoms with van der Waals surface area (Å²) < 4.78 is 18.9. The number of anilines is 1. The standard InChI is InChI=1S/C29H29FN2O2/c1-34-25-13-14-27-26(20-25)29(21-32(27)28(33)23-9-11-24(30)12-10-23)15-18-31(19-16-29)17-5-8-22-6-3-2-4-7-22/h2-14,20H,15-19,21H2,1H3. The number of rotatable bonds is 5. The Morgan fingerprint density at radius 3 is 2.47 bits per heavy atom. The molecule has 1 fully saturated rings. The molecule has 1 saturated heterocycles. The third kappa shape index (κ3) is 4.36. The number of benzene rings is 3. The minimum Gasteiger partial charge on any atom is -0.497 e. The van der Waals surface area contributed by atoms with Crippen LogP contribution in [0.1, 0.15) is 34.3 Å². The number of hydrogen-bond acceptors (Lipinski definition) is 3. The van der Waals surface area contributed by atoms with Gasteiger partial charge in [-0.05, 0) is 79.5 Å². The maximum atomic E-state index is 13.4. The summed E-state index contributed by atoms with van der Waals surface area (Å²) in [5.74, 6) is 0.382. The predicted molar refractivity (Wildman–Crippen MR) is 134 cm³/mol. The third-order valence-corrected chi connectivity index (χ3v) is 7.15. The highest BCUT2D eigenvalue weighted by molar-refractivity contribution is 6.07. The van der Waals surface area contributed by atoms with E-state index in [1.54, 1.807) is 19.2 Å². The summed E-state index contributed by atoms with van der Waals surface area (Å²) >= 11 is 0. The number of halogens is 1. The molecule has 2 aliphatic heterocycles. The molecule has 0 atom stereocenters. The lowest BCUT2D eigenvalue weighted by Crippen LogP contribution is -2.46. The molecule has 0 N–H and O–H groups in total. The Hall–Kier alpha value is -3.44. The first-order valence-corrected chi connectivity index (χ1v) is 11.8. The van der Waals surface area contributed by atoms with Gasteiger partial charge in [-0.2, -0.15) is 0 Å². The zero-order valence-corrected chi connectivity index (χ0v) is 19.4. The molecule has 5 rings (SSSR count). The van der Waals surface area contributed by atoms with E-state index in [4.69, 9.17) is 4.74 Å². The molecule has 3 aromatic carbocycles. The second kappa shape index (κ2) is 9.43. The Bertz CT molecular complexity index is 1180. The van der Waals surface area contributed by atoms with Crippen molar-refractivity contribution in [3.05, 3.63) is 101 Å². The highest BCUT2D eigenvalue weighted by atomic mass is 19.1. The van der Waals surface area contributed by atoms with Crippen molar-refractivity contribution in [3.63, 3.8) is 0 Å². The lowest BCUT2D eigenvalue weighted by molar-refractivity contribution is 0.0977. The highest BCUT2D eigenvalue weighted by Gasteiger charge is 2.46. The van der Waals surface area contributed by atoms with Crippen LogP contribution in [-0.2, 0) is 5.41 Å². The van der Waals surface area contributed by atoms with Crippen molar-refractivity contribution in [2.24, 2.45) is 0 Å². The average molecular weight is 457 g/mol. The van der Waals surface area contributed by atoms with Crippen molar-refractivity contribution in [1.82, 2.24) is 4.90 Å². The normalized spacial score (nSPS) is 17.3. The van der Waals surface area contributed by atoms with E-state index in [-0.39, 0.29) is 17.1 Å². The van der Waals surface area contributed by atoms with Crippen LogP contribution in [0.15, 0.2) is 78.9 Å². The largest absolute Gasteiger partial charge is 0.497 e. The Labute approximate surface area is 200 Å². The minimum atomic E-state index is -0.340. The molecular formula is C29H29FN2O2. The van der Waals surface area contributed by atoms with E-state index >= 15 is 0 Å². The number of ether oxygens (including phenoxy) is 1. The Balaban J connectivity index is 1.34. The number of carbonyl (C=O) groups excluding carboxylic acids is 1. The van der Waals surface area contributed by atoms with Crippen LogP contribution < -0.4 is 9.64 Å². The third-order valence-electron chi connectivity index (χ3n) is 7.15. The number of likely N-dealkylation sites (tertiary alicyclic amines) is 1. The number of carbonyl (C=O) groups is 1. The molecule has 0 radical (unpaired) electrons. The van der Waals surface area contributed by atoms with Gasteiger partial charge in [0, 0.05) is 29.8 Å². The quantitative estimate of drug-likeness (QED) is 0.505. The molecule has 5 heteroatoms. The van der Waals surface area contributed by atoms with Gasteiger partial charge < -0.3 is 9.64 Å². The second-order valence-electron chi connectivity index (χ2n) is 9.18. The molecule has 0 aromatic heterocycles. The first-order chi connectivity index (χ1) is 16.6. The van der Waals surface area contributed by atoms with Crippen molar-refractivity contribution < 1.29 is 13.9 Å². The molecule has 174 valence electrons. The van der Waals surface area contributed by atoms with Crippen LogP contribution in [0.2, 0.25) is 0 Å². The molecule has 1 spiro atoms. The van der Waals surface area contributed by atoms with Crippen molar-refractivity contribution in [1.29, 1.82) is 0 Å². The average Bonchev–Trinajstić information content (AvgIpc) is 3.19. The molecule has 34 heavy (non-hydrogen) atoms. The monoisotopic (exact) mass is 456 g/mol. The fourth-order valence-corrected chi connectivity index (χ4v) is 5.20. The predicted octanol–water partition coefficient (Wildman–Crippen LogP) is 5.54. The number of piperidine rings is 1. The number of methoxy groups -OCH3 is 1. The van der Waals surface area contributed by atoms with Crippen molar-refractivity contribution in [3.8, 4) is 5.75 Å². The van der Waals surface area contributed by atoms with E-state index in [2.05, 4.69) is 47.4 Å². The van der Waals surface area contributed by atoms with Gasteiger partial charge in [-0.1, -0.05) is 42.5 Å². The Morgan fingerprint density at radius 2 is 1.76 bits per heavy atom. The SMILES string of the molecule is COc1ccc2c(c1)C1(CCN(CC=Cc3ccccc3)CC1)CN2C(=O)c1ccc(F)cc1. The van der Waals surface area contributed by atoms with Gasteiger partial charge in [-0.25, -0.2) is 4.39 Å². The van der Waals surface area contributed by atoms with Gasteiger partial charge >= 0.3 is 0 Å². The molecule has 2 aliphatic rings. The van der Waals surface area contributed by atoms with Crippen LogP contribution in [0.5, 0.6) is 5.75 Å². The summed E-state index contributed by atoms with van der Waals surface area (Å²) in [5.41, 5.74) is 3.74. The van der Waals surface area contributed by atoms with E-state index in [0.29, 0.717) is 12.1 Å².